The van der Waals surface area contributed by atoms with Gasteiger partial charge in [0.05, 0.1) is 23.2 Å². The Morgan fingerprint density at radius 2 is 2.20 bits per heavy atom. The summed E-state index contributed by atoms with van der Waals surface area (Å²) in [5.41, 5.74) is -1.47. The number of halogens is 3. The highest BCUT2D eigenvalue weighted by Crippen LogP contribution is 2.33. The van der Waals surface area contributed by atoms with Crippen molar-refractivity contribution in [2.45, 2.75) is 25.1 Å². The molecule has 0 saturated carbocycles. The number of anilines is 1. The van der Waals surface area contributed by atoms with Crippen LogP contribution in [0.1, 0.15) is 24.0 Å². The van der Waals surface area contributed by atoms with Gasteiger partial charge in [0.15, 0.2) is 0 Å². The Hall–Kier alpha value is -2.07. The fraction of sp³-hybridized carbons (Fsp3) is 0.385. The van der Waals surface area contributed by atoms with Crippen LogP contribution in [0.2, 0.25) is 0 Å². The van der Waals surface area contributed by atoms with E-state index in [0.717, 1.165) is 25.1 Å². The number of carbonyl (C=O) groups excluding carboxylic acids is 1. The summed E-state index contributed by atoms with van der Waals surface area (Å²) in [7, 11) is 0. The first kappa shape index (κ1) is 14.3. The molecule has 1 aromatic rings. The van der Waals surface area contributed by atoms with E-state index >= 15 is 0 Å². The number of rotatable bonds is 2. The van der Waals surface area contributed by atoms with Crippen molar-refractivity contribution in [3.63, 3.8) is 0 Å². The van der Waals surface area contributed by atoms with E-state index in [1.165, 1.54) is 12.1 Å². The largest absolute Gasteiger partial charge is 0.417 e. The van der Waals surface area contributed by atoms with E-state index in [-0.39, 0.29) is 17.6 Å². The van der Waals surface area contributed by atoms with Crippen LogP contribution in [-0.4, -0.2) is 18.5 Å². The molecule has 1 aliphatic rings. The van der Waals surface area contributed by atoms with E-state index in [0.29, 0.717) is 6.42 Å². The first-order valence-corrected chi connectivity index (χ1v) is 6.07. The maximum Gasteiger partial charge on any atom is 0.417 e. The van der Waals surface area contributed by atoms with Crippen molar-refractivity contribution >= 4 is 11.6 Å². The third-order valence-corrected chi connectivity index (χ3v) is 3.09. The number of hydrogen-bond acceptors (Lipinski definition) is 3. The molecule has 0 bridgehead atoms. The average molecular weight is 283 g/mol. The molecule has 0 radical (unpaired) electrons. The molecular formula is C13H12F3N3O. The highest BCUT2D eigenvalue weighted by molar-refractivity contribution is 5.95. The molecule has 1 atom stereocenters. The summed E-state index contributed by atoms with van der Waals surface area (Å²) in [5.74, 6) is -0.361. The Balaban J connectivity index is 2.21. The quantitative estimate of drug-likeness (QED) is 0.875. The third-order valence-electron chi connectivity index (χ3n) is 3.09. The Morgan fingerprint density at radius 1 is 1.45 bits per heavy atom. The average Bonchev–Trinajstić information content (AvgIpc) is 2.91. The second-order valence-electron chi connectivity index (χ2n) is 4.51. The molecule has 4 nitrogen and oxygen atoms in total. The molecule has 106 valence electrons. The Labute approximate surface area is 113 Å². The molecule has 2 N–H and O–H groups in total. The lowest BCUT2D eigenvalue weighted by atomic mass is 10.1. The van der Waals surface area contributed by atoms with Crippen molar-refractivity contribution in [2.75, 3.05) is 11.9 Å². The predicted molar refractivity (Wildman–Crippen MR) is 65.8 cm³/mol. The first-order valence-electron chi connectivity index (χ1n) is 6.07. The zero-order chi connectivity index (χ0) is 14.8. The normalized spacial score (nSPS) is 18.6. The Kier molecular flexibility index (Phi) is 3.95. The monoisotopic (exact) mass is 283 g/mol. The van der Waals surface area contributed by atoms with Crippen molar-refractivity contribution in [1.29, 1.82) is 5.26 Å². The highest BCUT2D eigenvalue weighted by Gasteiger charge is 2.34. The Morgan fingerprint density at radius 3 is 2.75 bits per heavy atom. The molecule has 1 aromatic carbocycles. The molecule has 2 rings (SSSR count). The van der Waals surface area contributed by atoms with Gasteiger partial charge in [-0.05, 0) is 37.6 Å². The van der Waals surface area contributed by atoms with Gasteiger partial charge in [-0.1, -0.05) is 0 Å². The number of amides is 1. The van der Waals surface area contributed by atoms with Crippen molar-refractivity contribution in [3.05, 3.63) is 29.3 Å². The smallest absolute Gasteiger partial charge is 0.325 e. The van der Waals surface area contributed by atoms with Crippen LogP contribution in [0.4, 0.5) is 18.9 Å². The molecular weight excluding hydrogens is 271 g/mol. The lowest BCUT2D eigenvalue weighted by molar-refractivity contribution is -0.137. The number of hydrogen-bond donors (Lipinski definition) is 2. The molecule has 1 saturated heterocycles. The lowest BCUT2D eigenvalue weighted by Gasteiger charge is -2.14. The van der Waals surface area contributed by atoms with Gasteiger partial charge in [-0.2, -0.15) is 18.4 Å². The van der Waals surface area contributed by atoms with Crippen LogP contribution in [0.5, 0.6) is 0 Å². The SMILES string of the molecule is N#Cc1ccc(NC(=O)[C@@H]2CCCN2)cc1C(F)(F)F. The van der Waals surface area contributed by atoms with Crippen molar-refractivity contribution in [1.82, 2.24) is 5.32 Å². The molecule has 1 heterocycles. The molecule has 20 heavy (non-hydrogen) atoms. The zero-order valence-electron chi connectivity index (χ0n) is 10.4. The van der Waals surface area contributed by atoms with E-state index in [1.807, 2.05) is 0 Å². The van der Waals surface area contributed by atoms with Gasteiger partial charge < -0.3 is 10.6 Å². The van der Waals surface area contributed by atoms with Crippen molar-refractivity contribution < 1.29 is 18.0 Å². The minimum absolute atomic E-state index is 0.0371. The second-order valence-corrected chi connectivity index (χ2v) is 4.51. The molecule has 1 fully saturated rings. The summed E-state index contributed by atoms with van der Waals surface area (Å²) >= 11 is 0. The number of nitrogens with one attached hydrogen (secondary N) is 2. The summed E-state index contributed by atoms with van der Waals surface area (Å²) in [5, 5.41) is 14.1. The predicted octanol–water partition coefficient (Wildman–Crippen LogP) is 2.27. The minimum Gasteiger partial charge on any atom is -0.325 e. The van der Waals surface area contributed by atoms with Gasteiger partial charge in [0, 0.05) is 5.69 Å². The van der Waals surface area contributed by atoms with Crippen molar-refractivity contribution in [3.8, 4) is 6.07 Å². The van der Waals surface area contributed by atoms with E-state index in [4.69, 9.17) is 5.26 Å². The van der Waals surface area contributed by atoms with Crippen LogP contribution in [0.15, 0.2) is 18.2 Å². The van der Waals surface area contributed by atoms with Gasteiger partial charge in [-0.15, -0.1) is 0 Å². The van der Waals surface area contributed by atoms with Gasteiger partial charge in [-0.3, -0.25) is 4.79 Å². The zero-order valence-corrected chi connectivity index (χ0v) is 10.4. The van der Waals surface area contributed by atoms with Crippen LogP contribution >= 0.6 is 0 Å². The van der Waals surface area contributed by atoms with E-state index in [9.17, 15) is 18.0 Å². The summed E-state index contributed by atoms with van der Waals surface area (Å²) in [4.78, 5) is 11.8. The fourth-order valence-electron chi connectivity index (χ4n) is 2.09. The number of alkyl halides is 3. The van der Waals surface area contributed by atoms with Gasteiger partial charge in [0.1, 0.15) is 0 Å². The number of nitriles is 1. The van der Waals surface area contributed by atoms with Crippen LogP contribution in [0, 0.1) is 11.3 Å². The standard InChI is InChI=1S/C13H12F3N3O/c14-13(15,16)10-6-9(4-3-8(10)7-17)19-12(20)11-2-1-5-18-11/h3-4,6,11,18H,1-2,5H2,(H,19,20)/t11-/m0/s1. The van der Waals surface area contributed by atoms with E-state index in [2.05, 4.69) is 10.6 Å². The molecule has 0 unspecified atom stereocenters. The maximum absolute atomic E-state index is 12.8. The fourth-order valence-corrected chi connectivity index (χ4v) is 2.09. The molecule has 1 amide bonds. The summed E-state index contributed by atoms with van der Waals surface area (Å²) < 4.78 is 38.3. The van der Waals surface area contributed by atoms with E-state index < -0.39 is 17.3 Å². The van der Waals surface area contributed by atoms with Gasteiger partial charge in [0.2, 0.25) is 5.91 Å². The molecule has 0 spiro atoms. The number of nitrogens with zero attached hydrogens (tertiary/aromatic N) is 1. The van der Waals surface area contributed by atoms with Gasteiger partial charge in [0.25, 0.3) is 0 Å². The van der Waals surface area contributed by atoms with Crippen molar-refractivity contribution in [2.24, 2.45) is 0 Å². The first-order chi connectivity index (χ1) is 9.41. The summed E-state index contributed by atoms with van der Waals surface area (Å²) in [6.45, 7) is 0.721. The molecule has 7 heteroatoms. The maximum atomic E-state index is 12.8. The summed E-state index contributed by atoms with van der Waals surface area (Å²) in [6, 6.07) is 4.25. The minimum atomic E-state index is -4.63. The number of benzene rings is 1. The van der Waals surface area contributed by atoms with E-state index in [1.54, 1.807) is 0 Å². The third kappa shape index (κ3) is 3.08. The second kappa shape index (κ2) is 5.51. The lowest BCUT2D eigenvalue weighted by Crippen LogP contribution is -2.35. The molecule has 1 aliphatic heterocycles. The van der Waals surface area contributed by atoms with Crippen LogP contribution in [-0.2, 0) is 11.0 Å². The van der Waals surface area contributed by atoms with Gasteiger partial charge >= 0.3 is 6.18 Å². The Bertz CT molecular complexity index is 557. The molecule has 0 aliphatic carbocycles. The molecule has 0 aromatic heterocycles. The van der Waals surface area contributed by atoms with Crippen LogP contribution in [0.25, 0.3) is 0 Å². The topological polar surface area (TPSA) is 64.9 Å². The highest BCUT2D eigenvalue weighted by atomic mass is 19.4. The number of carbonyl (C=O) groups is 1. The summed E-state index contributed by atoms with van der Waals surface area (Å²) in [6.07, 6.45) is -3.11. The van der Waals surface area contributed by atoms with Crippen LogP contribution in [0.3, 0.4) is 0 Å². The van der Waals surface area contributed by atoms with Crippen LogP contribution < -0.4 is 10.6 Å². The van der Waals surface area contributed by atoms with Gasteiger partial charge in [-0.25, -0.2) is 0 Å².